The lowest BCUT2D eigenvalue weighted by molar-refractivity contribution is 0.0554. The first-order chi connectivity index (χ1) is 6.24. The Morgan fingerprint density at radius 3 is 2.31 bits per heavy atom. The van der Waals surface area contributed by atoms with E-state index in [0.29, 0.717) is 5.41 Å². The Labute approximate surface area is 91.4 Å². The van der Waals surface area contributed by atoms with Gasteiger partial charge in [0.2, 0.25) is 0 Å². The van der Waals surface area contributed by atoms with Crippen molar-refractivity contribution < 1.29 is 4.74 Å². The molecule has 1 unspecified atom stereocenters. The van der Waals surface area contributed by atoms with E-state index in [1.807, 2.05) is 0 Å². The average Bonchev–Trinajstić information content (AvgIpc) is 2.20. The molecule has 1 nitrogen and oxygen atoms in total. The summed E-state index contributed by atoms with van der Waals surface area (Å²) in [5, 5.41) is 1.07. The van der Waals surface area contributed by atoms with Gasteiger partial charge in [-0.3, -0.25) is 0 Å². The van der Waals surface area contributed by atoms with E-state index in [9.17, 15) is 0 Å². The number of halogens is 1. The molecule has 0 spiro atoms. The summed E-state index contributed by atoms with van der Waals surface area (Å²) in [6.45, 7) is 8.31. The van der Waals surface area contributed by atoms with Crippen LogP contribution >= 0.6 is 15.9 Å². The summed E-state index contributed by atoms with van der Waals surface area (Å²) in [5.74, 6) is 0. The van der Waals surface area contributed by atoms with Crippen LogP contribution in [0.3, 0.4) is 0 Å². The first kappa shape index (κ1) is 13.4. The zero-order valence-corrected chi connectivity index (χ0v) is 10.8. The maximum absolute atomic E-state index is 5.55. The van der Waals surface area contributed by atoms with Gasteiger partial charge in [0.1, 0.15) is 0 Å². The summed E-state index contributed by atoms with van der Waals surface area (Å²) in [7, 11) is 0. The third-order valence-corrected chi connectivity index (χ3v) is 3.90. The zero-order valence-electron chi connectivity index (χ0n) is 9.24. The smallest absolute Gasteiger partial charge is 0.0530 e. The Morgan fingerprint density at radius 1 is 1.23 bits per heavy atom. The summed E-state index contributed by atoms with van der Waals surface area (Å²) in [4.78, 5) is 0. The quantitative estimate of drug-likeness (QED) is 0.592. The lowest BCUT2D eigenvalue weighted by Gasteiger charge is -2.30. The van der Waals surface area contributed by atoms with Gasteiger partial charge in [0.05, 0.1) is 6.61 Å². The SMILES string of the molecule is CCCCC(CC)(CBr)COCC. The molecule has 0 aliphatic carbocycles. The Morgan fingerprint density at radius 2 is 1.92 bits per heavy atom. The molecule has 0 saturated heterocycles. The molecule has 0 aromatic heterocycles. The van der Waals surface area contributed by atoms with E-state index in [4.69, 9.17) is 4.74 Å². The standard InChI is InChI=1S/C11H23BrO/c1-4-7-8-11(5-2,9-12)10-13-6-3/h4-10H2,1-3H3. The van der Waals surface area contributed by atoms with Crippen molar-refractivity contribution in [1.29, 1.82) is 0 Å². The summed E-state index contributed by atoms with van der Waals surface area (Å²) >= 11 is 3.61. The fourth-order valence-electron chi connectivity index (χ4n) is 1.42. The molecule has 80 valence electrons. The van der Waals surface area contributed by atoms with E-state index < -0.39 is 0 Å². The third-order valence-electron chi connectivity index (χ3n) is 2.71. The molecule has 0 rings (SSSR count). The Bertz CT molecular complexity index is 101. The number of ether oxygens (including phenoxy) is 1. The highest BCUT2D eigenvalue weighted by Gasteiger charge is 2.26. The largest absolute Gasteiger partial charge is 0.381 e. The summed E-state index contributed by atoms with van der Waals surface area (Å²) in [6.07, 6.45) is 5.08. The first-order valence-electron chi connectivity index (χ1n) is 5.38. The van der Waals surface area contributed by atoms with Gasteiger partial charge in [0, 0.05) is 17.4 Å². The second kappa shape index (κ2) is 7.81. The van der Waals surface area contributed by atoms with E-state index in [1.165, 1.54) is 25.7 Å². The van der Waals surface area contributed by atoms with Crippen molar-refractivity contribution in [2.75, 3.05) is 18.5 Å². The molecule has 0 aliphatic heterocycles. The maximum atomic E-state index is 5.55. The van der Waals surface area contributed by atoms with Crippen LogP contribution in [0.1, 0.15) is 46.5 Å². The van der Waals surface area contributed by atoms with Gasteiger partial charge in [0.15, 0.2) is 0 Å². The number of hydrogen-bond acceptors (Lipinski definition) is 1. The molecule has 1 atom stereocenters. The Kier molecular flexibility index (Phi) is 8.07. The van der Waals surface area contributed by atoms with Crippen molar-refractivity contribution in [3.05, 3.63) is 0 Å². The number of rotatable bonds is 8. The fraction of sp³-hybridized carbons (Fsp3) is 1.00. The minimum absolute atomic E-state index is 0.381. The van der Waals surface area contributed by atoms with Gasteiger partial charge >= 0.3 is 0 Å². The van der Waals surface area contributed by atoms with Crippen molar-refractivity contribution in [3.63, 3.8) is 0 Å². The maximum Gasteiger partial charge on any atom is 0.0530 e. The number of unbranched alkanes of at least 4 members (excludes halogenated alkanes) is 1. The van der Waals surface area contributed by atoms with Crippen LogP contribution < -0.4 is 0 Å². The first-order valence-corrected chi connectivity index (χ1v) is 6.50. The van der Waals surface area contributed by atoms with E-state index in [1.54, 1.807) is 0 Å². The van der Waals surface area contributed by atoms with Gasteiger partial charge in [-0.2, -0.15) is 0 Å². The molecule has 13 heavy (non-hydrogen) atoms. The number of alkyl halides is 1. The molecule has 0 aromatic rings. The molecule has 0 heterocycles. The fourth-order valence-corrected chi connectivity index (χ4v) is 2.26. The highest BCUT2D eigenvalue weighted by molar-refractivity contribution is 9.09. The van der Waals surface area contributed by atoms with Gasteiger partial charge < -0.3 is 4.74 Å². The topological polar surface area (TPSA) is 9.23 Å². The van der Waals surface area contributed by atoms with Gasteiger partial charge in [-0.05, 0) is 19.8 Å². The molecule has 0 fully saturated rings. The van der Waals surface area contributed by atoms with E-state index in [2.05, 4.69) is 36.7 Å². The van der Waals surface area contributed by atoms with Gasteiger partial charge in [0.25, 0.3) is 0 Å². The van der Waals surface area contributed by atoms with Crippen LogP contribution in [0.15, 0.2) is 0 Å². The van der Waals surface area contributed by atoms with Crippen molar-refractivity contribution in [2.45, 2.75) is 46.5 Å². The van der Waals surface area contributed by atoms with Crippen LogP contribution in [-0.4, -0.2) is 18.5 Å². The van der Waals surface area contributed by atoms with Gasteiger partial charge in [-0.15, -0.1) is 0 Å². The van der Waals surface area contributed by atoms with Crippen LogP contribution in [0.2, 0.25) is 0 Å². The molecule has 0 amide bonds. The molecule has 0 saturated carbocycles. The number of hydrogen-bond donors (Lipinski definition) is 0. The summed E-state index contributed by atoms with van der Waals surface area (Å²) in [6, 6.07) is 0. The second-order valence-electron chi connectivity index (χ2n) is 3.73. The van der Waals surface area contributed by atoms with Crippen molar-refractivity contribution in [2.24, 2.45) is 5.41 Å². The van der Waals surface area contributed by atoms with Crippen molar-refractivity contribution >= 4 is 15.9 Å². The normalized spacial score (nSPS) is 15.7. The molecule has 0 aromatic carbocycles. The van der Waals surface area contributed by atoms with Crippen LogP contribution in [0.25, 0.3) is 0 Å². The van der Waals surface area contributed by atoms with Crippen molar-refractivity contribution in [3.8, 4) is 0 Å². The zero-order chi connectivity index (χ0) is 10.2. The molecule has 0 aliphatic rings. The molecule has 0 radical (unpaired) electrons. The predicted octanol–water partition coefficient (Wildman–Crippen LogP) is 4.00. The van der Waals surface area contributed by atoms with Crippen molar-refractivity contribution in [1.82, 2.24) is 0 Å². The molecular weight excluding hydrogens is 228 g/mol. The molecule has 2 heteroatoms. The monoisotopic (exact) mass is 250 g/mol. The summed E-state index contributed by atoms with van der Waals surface area (Å²) in [5.41, 5.74) is 0.381. The van der Waals surface area contributed by atoms with Crippen LogP contribution in [0.5, 0.6) is 0 Å². The molecule has 0 bridgehead atoms. The highest BCUT2D eigenvalue weighted by Crippen LogP contribution is 2.31. The lowest BCUT2D eigenvalue weighted by Crippen LogP contribution is -2.28. The lowest BCUT2D eigenvalue weighted by atomic mass is 9.83. The minimum Gasteiger partial charge on any atom is -0.381 e. The van der Waals surface area contributed by atoms with Crippen LogP contribution in [0.4, 0.5) is 0 Å². The van der Waals surface area contributed by atoms with Gasteiger partial charge in [-0.25, -0.2) is 0 Å². The average molecular weight is 251 g/mol. The van der Waals surface area contributed by atoms with Crippen LogP contribution in [-0.2, 0) is 4.74 Å². The Balaban J connectivity index is 3.97. The van der Waals surface area contributed by atoms with E-state index in [0.717, 1.165) is 18.5 Å². The van der Waals surface area contributed by atoms with Crippen LogP contribution in [0, 0.1) is 5.41 Å². The molecule has 0 N–H and O–H groups in total. The van der Waals surface area contributed by atoms with Gasteiger partial charge in [-0.1, -0.05) is 42.6 Å². The highest BCUT2D eigenvalue weighted by atomic mass is 79.9. The molecular formula is C11H23BrO. The summed E-state index contributed by atoms with van der Waals surface area (Å²) < 4.78 is 5.55. The third kappa shape index (κ3) is 5.02. The van der Waals surface area contributed by atoms with E-state index in [-0.39, 0.29) is 0 Å². The predicted molar refractivity (Wildman–Crippen MR) is 62.5 cm³/mol. The van der Waals surface area contributed by atoms with E-state index >= 15 is 0 Å². The second-order valence-corrected chi connectivity index (χ2v) is 4.29. The Hall–Kier alpha value is 0.440. The minimum atomic E-state index is 0.381.